The van der Waals surface area contributed by atoms with Crippen molar-refractivity contribution in [2.75, 3.05) is 5.32 Å². The molecule has 0 bridgehead atoms. The second-order valence-corrected chi connectivity index (χ2v) is 4.34. The molecule has 0 aliphatic heterocycles. The number of nitriles is 1. The highest BCUT2D eigenvalue weighted by molar-refractivity contribution is 6.67. The van der Waals surface area contributed by atoms with Crippen LogP contribution in [0.2, 0.25) is 0 Å². The van der Waals surface area contributed by atoms with Crippen LogP contribution in [0.4, 0.5) is 5.69 Å². The number of anilines is 1. The van der Waals surface area contributed by atoms with Crippen molar-refractivity contribution in [3.63, 3.8) is 0 Å². The first-order valence-electron chi connectivity index (χ1n) is 5.71. The van der Waals surface area contributed by atoms with E-state index in [4.69, 9.17) is 16.9 Å². The Hall–Kier alpha value is -2.64. The van der Waals surface area contributed by atoms with Gasteiger partial charge in [0.25, 0.3) is 11.1 Å². The summed E-state index contributed by atoms with van der Waals surface area (Å²) in [5.74, 6) is -0.325. The van der Waals surface area contributed by atoms with Crippen LogP contribution in [-0.4, -0.2) is 11.1 Å². The van der Waals surface area contributed by atoms with E-state index >= 15 is 0 Å². The fraction of sp³-hybridized carbons (Fsp3) is 0. The zero-order chi connectivity index (χ0) is 14.5. The van der Waals surface area contributed by atoms with Crippen molar-refractivity contribution >= 4 is 28.4 Å². The first-order valence-corrected chi connectivity index (χ1v) is 6.09. The van der Waals surface area contributed by atoms with E-state index in [-0.39, 0.29) is 5.91 Å². The molecular weight excluding hydrogens is 276 g/mol. The number of hydrogen-bond donors (Lipinski definition) is 1. The number of benzene rings is 2. The molecule has 20 heavy (non-hydrogen) atoms. The van der Waals surface area contributed by atoms with E-state index in [1.54, 1.807) is 42.5 Å². The predicted molar refractivity (Wildman–Crippen MR) is 75.7 cm³/mol. The Morgan fingerprint density at radius 1 is 1.05 bits per heavy atom. The minimum atomic E-state index is -0.584. The normalized spacial score (nSPS) is 9.60. The maximum absolute atomic E-state index is 12.0. The highest BCUT2D eigenvalue weighted by Crippen LogP contribution is 2.14. The van der Waals surface area contributed by atoms with Gasteiger partial charge < -0.3 is 5.32 Å². The van der Waals surface area contributed by atoms with Crippen LogP contribution in [0.3, 0.4) is 0 Å². The number of amides is 1. The van der Waals surface area contributed by atoms with Gasteiger partial charge in [-0.1, -0.05) is 6.07 Å². The predicted octanol–water partition coefficient (Wildman–Crippen LogP) is 3.19. The standard InChI is InChI=1S/C15H9ClN2O2/c16-14(19)12-2-1-3-13(8-12)18-15(20)11-6-4-10(9-17)5-7-11/h1-8H,(H,18,20). The SMILES string of the molecule is N#Cc1ccc(C(=O)Nc2cccc(C(=O)Cl)c2)cc1. The Morgan fingerprint density at radius 3 is 2.35 bits per heavy atom. The first kappa shape index (κ1) is 13.8. The third kappa shape index (κ3) is 3.22. The molecule has 2 rings (SSSR count). The van der Waals surface area contributed by atoms with Gasteiger partial charge in [0.1, 0.15) is 0 Å². The molecule has 0 atom stereocenters. The maximum Gasteiger partial charge on any atom is 0.255 e. The van der Waals surface area contributed by atoms with E-state index < -0.39 is 5.24 Å². The molecule has 0 unspecified atom stereocenters. The van der Waals surface area contributed by atoms with Crippen LogP contribution >= 0.6 is 11.6 Å². The molecule has 2 aromatic rings. The van der Waals surface area contributed by atoms with Crippen LogP contribution < -0.4 is 5.32 Å². The molecule has 0 radical (unpaired) electrons. The Balaban J connectivity index is 2.17. The minimum Gasteiger partial charge on any atom is -0.322 e. The molecule has 0 saturated carbocycles. The van der Waals surface area contributed by atoms with Gasteiger partial charge in [0.05, 0.1) is 11.6 Å². The Labute approximate surface area is 120 Å². The summed E-state index contributed by atoms with van der Waals surface area (Å²) in [6, 6.07) is 14.6. The summed E-state index contributed by atoms with van der Waals surface area (Å²) >= 11 is 5.38. The molecule has 4 nitrogen and oxygen atoms in total. The van der Waals surface area contributed by atoms with Crippen LogP contribution in [0.25, 0.3) is 0 Å². The van der Waals surface area contributed by atoms with Crippen molar-refractivity contribution in [1.29, 1.82) is 5.26 Å². The number of hydrogen-bond acceptors (Lipinski definition) is 3. The Kier molecular flexibility index (Phi) is 4.14. The zero-order valence-electron chi connectivity index (χ0n) is 10.3. The van der Waals surface area contributed by atoms with Gasteiger partial charge in [0, 0.05) is 16.8 Å². The van der Waals surface area contributed by atoms with E-state index in [1.165, 1.54) is 6.07 Å². The number of carbonyl (C=O) groups excluding carboxylic acids is 2. The molecular formula is C15H9ClN2O2. The maximum atomic E-state index is 12.0. The highest BCUT2D eigenvalue weighted by Gasteiger charge is 2.08. The van der Waals surface area contributed by atoms with Crippen LogP contribution in [-0.2, 0) is 0 Å². The highest BCUT2D eigenvalue weighted by atomic mass is 35.5. The van der Waals surface area contributed by atoms with Gasteiger partial charge in [0.2, 0.25) is 0 Å². The van der Waals surface area contributed by atoms with Gasteiger partial charge in [-0.05, 0) is 54.1 Å². The van der Waals surface area contributed by atoms with Gasteiger partial charge in [-0.3, -0.25) is 9.59 Å². The van der Waals surface area contributed by atoms with Gasteiger partial charge in [-0.25, -0.2) is 0 Å². The lowest BCUT2D eigenvalue weighted by Crippen LogP contribution is -2.12. The molecule has 0 aliphatic rings. The molecule has 1 N–H and O–H groups in total. The minimum absolute atomic E-state index is 0.310. The Bertz CT molecular complexity index is 703. The van der Waals surface area contributed by atoms with Crippen molar-refractivity contribution < 1.29 is 9.59 Å². The van der Waals surface area contributed by atoms with Crippen LogP contribution in [0, 0.1) is 11.3 Å². The molecule has 0 saturated heterocycles. The van der Waals surface area contributed by atoms with E-state index in [2.05, 4.69) is 5.32 Å². The second kappa shape index (κ2) is 6.00. The lowest BCUT2D eigenvalue weighted by molar-refractivity contribution is 0.102. The summed E-state index contributed by atoms with van der Waals surface area (Å²) < 4.78 is 0. The summed E-state index contributed by atoms with van der Waals surface area (Å²) in [6.07, 6.45) is 0. The van der Waals surface area contributed by atoms with Crippen molar-refractivity contribution in [1.82, 2.24) is 0 Å². The smallest absolute Gasteiger partial charge is 0.255 e. The first-order chi connectivity index (χ1) is 9.60. The van der Waals surface area contributed by atoms with Crippen LogP contribution in [0.1, 0.15) is 26.3 Å². The largest absolute Gasteiger partial charge is 0.322 e. The molecule has 0 spiro atoms. The average Bonchev–Trinajstić information content (AvgIpc) is 2.47. The van der Waals surface area contributed by atoms with Crippen LogP contribution in [0.5, 0.6) is 0 Å². The molecule has 2 aromatic carbocycles. The monoisotopic (exact) mass is 284 g/mol. The van der Waals surface area contributed by atoms with E-state index in [0.717, 1.165) is 0 Å². The lowest BCUT2D eigenvalue weighted by atomic mass is 10.1. The van der Waals surface area contributed by atoms with E-state index in [0.29, 0.717) is 22.4 Å². The summed E-state index contributed by atoms with van der Waals surface area (Å²) in [6.45, 7) is 0. The van der Waals surface area contributed by atoms with Crippen LogP contribution in [0.15, 0.2) is 48.5 Å². The molecule has 1 amide bonds. The number of rotatable bonds is 3. The van der Waals surface area contributed by atoms with Crippen molar-refractivity contribution in [3.8, 4) is 6.07 Å². The molecule has 0 fully saturated rings. The average molecular weight is 285 g/mol. The van der Waals surface area contributed by atoms with Gasteiger partial charge in [0.15, 0.2) is 0 Å². The topological polar surface area (TPSA) is 70.0 Å². The zero-order valence-corrected chi connectivity index (χ0v) is 11.0. The molecule has 98 valence electrons. The third-order valence-corrected chi connectivity index (χ3v) is 2.84. The van der Waals surface area contributed by atoms with E-state index in [9.17, 15) is 9.59 Å². The second-order valence-electron chi connectivity index (χ2n) is 4.00. The van der Waals surface area contributed by atoms with Gasteiger partial charge in [-0.15, -0.1) is 0 Å². The fourth-order valence-electron chi connectivity index (χ4n) is 1.62. The van der Waals surface area contributed by atoms with Crippen molar-refractivity contribution in [2.45, 2.75) is 0 Å². The summed E-state index contributed by atoms with van der Waals surface area (Å²) in [7, 11) is 0. The molecule has 0 aliphatic carbocycles. The molecule has 0 aromatic heterocycles. The quantitative estimate of drug-likeness (QED) is 0.880. The lowest BCUT2D eigenvalue weighted by Gasteiger charge is -2.06. The summed E-state index contributed by atoms with van der Waals surface area (Å²) in [5, 5.41) is 10.8. The van der Waals surface area contributed by atoms with Crippen molar-refractivity contribution in [3.05, 3.63) is 65.2 Å². The van der Waals surface area contributed by atoms with Gasteiger partial charge in [-0.2, -0.15) is 5.26 Å². The molecule has 0 heterocycles. The Morgan fingerprint density at radius 2 is 1.75 bits per heavy atom. The number of halogens is 1. The molecule has 5 heteroatoms. The number of nitrogens with zero attached hydrogens (tertiary/aromatic N) is 1. The third-order valence-electron chi connectivity index (χ3n) is 2.62. The van der Waals surface area contributed by atoms with E-state index in [1.807, 2.05) is 6.07 Å². The summed E-state index contributed by atoms with van der Waals surface area (Å²) in [5.41, 5.74) is 1.69. The van der Waals surface area contributed by atoms with Crippen molar-refractivity contribution in [2.24, 2.45) is 0 Å². The number of carbonyl (C=O) groups is 2. The fourth-order valence-corrected chi connectivity index (χ4v) is 1.74. The number of nitrogens with one attached hydrogen (secondary N) is 1. The summed E-state index contributed by atoms with van der Waals surface area (Å²) in [4.78, 5) is 23.0. The van der Waals surface area contributed by atoms with Gasteiger partial charge >= 0.3 is 0 Å².